The number of benzene rings is 1. The van der Waals surface area contributed by atoms with E-state index >= 15 is 0 Å². The van der Waals surface area contributed by atoms with Crippen LogP contribution in [0.1, 0.15) is 31.9 Å². The van der Waals surface area contributed by atoms with Crippen molar-refractivity contribution in [2.75, 3.05) is 13.6 Å². The largest absolute Gasteiger partial charge is 0.326 e. The monoisotopic (exact) mass is 279 g/mol. The summed E-state index contributed by atoms with van der Waals surface area (Å²) in [6, 6.07) is 10.2. The molecular weight excluding hydrogens is 258 g/mol. The summed E-state index contributed by atoms with van der Waals surface area (Å²) in [5, 5.41) is 9.66. The van der Waals surface area contributed by atoms with Gasteiger partial charge in [-0.15, -0.1) is 0 Å². The average Bonchev–Trinajstić information content (AvgIpc) is 2.38. The molecule has 0 heterocycles. The Bertz CT molecular complexity index is 441. The molecule has 0 aliphatic heterocycles. The van der Waals surface area contributed by atoms with E-state index in [1.54, 1.807) is 0 Å². The molecule has 0 aromatic heterocycles. The second-order valence-electron chi connectivity index (χ2n) is 5.04. The molecule has 0 aliphatic rings. The molecule has 0 saturated carbocycles. The minimum atomic E-state index is -0.0178. The fraction of sp³-hybridized carbons (Fsp3) is 0.533. The molecule has 0 bridgehead atoms. The van der Waals surface area contributed by atoms with Crippen LogP contribution in [0.4, 0.5) is 0 Å². The highest BCUT2D eigenvalue weighted by molar-refractivity contribution is 6.30. The van der Waals surface area contributed by atoms with Crippen LogP contribution in [0.15, 0.2) is 24.3 Å². The van der Waals surface area contributed by atoms with Crippen molar-refractivity contribution < 1.29 is 0 Å². The van der Waals surface area contributed by atoms with Crippen molar-refractivity contribution in [2.45, 2.75) is 32.4 Å². The Kier molecular flexibility index (Phi) is 6.30. The molecular formula is C15H22ClN3. The highest BCUT2D eigenvalue weighted by atomic mass is 35.5. The van der Waals surface area contributed by atoms with E-state index in [9.17, 15) is 0 Å². The van der Waals surface area contributed by atoms with Crippen molar-refractivity contribution in [1.82, 2.24) is 4.90 Å². The number of nitrogens with two attached hydrogens (primary N) is 1. The molecule has 1 aromatic rings. The van der Waals surface area contributed by atoms with Crippen molar-refractivity contribution in [1.29, 1.82) is 5.26 Å². The molecule has 104 valence electrons. The fourth-order valence-electron chi connectivity index (χ4n) is 2.33. The number of hydrogen-bond donors (Lipinski definition) is 1. The Labute approximate surface area is 121 Å². The summed E-state index contributed by atoms with van der Waals surface area (Å²) in [6.07, 6.45) is 0.877. The topological polar surface area (TPSA) is 53.0 Å². The van der Waals surface area contributed by atoms with E-state index in [2.05, 4.69) is 17.9 Å². The zero-order chi connectivity index (χ0) is 14.4. The van der Waals surface area contributed by atoms with Gasteiger partial charge in [0.25, 0.3) is 0 Å². The Morgan fingerprint density at radius 1 is 1.47 bits per heavy atom. The normalized spacial score (nSPS) is 15.8. The van der Waals surface area contributed by atoms with Crippen molar-refractivity contribution in [3.05, 3.63) is 34.9 Å². The second-order valence-corrected chi connectivity index (χ2v) is 5.48. The zero-order valence-electron chi connectivity index (χ0n) is 11.8. The highest BCUT2D eigenvalue weighted by Gasteiger charge is 2.24. The molecule has 1 rings (SSSR count). The van der Waals surface area contributed by atoms with Crippen LogP contribution in [0, 0.1) is 17.2 Å². The Morgan fingerprint density at radius 3 is 2.68 bits per heavy atom. The van der Waals surface area contributed by atoms with Crippen LogP contribution in [0.3, 0.4) is 0 Å². The first kappa shape index (κ1) is 16.0. The predicted molar refractivity (Wildman–Crippen MR) is 79.9 cm³/mol. The summed E-state index contributed by atoms with van der Waals surface area (Å²) in [5.41, 5.74) is 7.36. The molecule has 19 heavy (non-hydrogen) atoms. The van der Waals surface area contributed by atoms with Gasteiger partial charge < -0.3 is 5.73 Å². The third kappa shape index (κ3) is 4.50. The zero-order valence-corrected chi connectivity index (χ0v) is 12.6. The lowest BCUT2D eigenvalue weighted by molar-refractivity contribution is 0.197. The molecule has 0 amide bonds. The lowest BCUT2D eigenvalue weighted by Gasteiger charge is -2.33. The molecule has 3 nitrogen and oxygen atoms in total. The average molecular weight is 280 g/mol. The molecule has 0 radical (unpaired) electrons. The summed E-state index contributed by atoms with van der Waals surface area (Å²) in [6.45, 7) is 4.69. The fourth-order valence-corrected chi connectivity index (χ4v) is 2.53. The number of hydrogen-bond acceptors (Lipinski definition) is 3. The van der Waals surface area contributed by atoms with Gasteiger partial charge in [0.15, 0.2) is 0 Å². The van der Waals surface area contributed by atoms with E-state index in [1.807, 2.05) is 38.2 Å². The van der Waals surface area contributed by atoms with Gasteiger partial charge in [-0.3, -0.25) is 4.90 Å². The van der Waals surface area contributed by atoms with Gasteiger partial charge >= 0.3 is 0 Å². The van der Waals surface area contributed by atoms with Crippen molar-refractivity contribution >= 4 is 11.6 Å². The van der Waals surface area contributed by atoms with Crippen LogP contribution in [0.5, 0.6) is 0 Å². The highest BCUT2D eigenvalue weighted by Crippen LogP contribution is 2.26. The summed E-state index contributed by atoms with van der Waals surface area (Å²) >= 11 is 6.06. The van der Waals surface area contributed by atoms with E-state index < -0.39 is 0 Å². The van der Waals surface area contributed by atoms with Gasteiger partial charge in [-0.2, -0.15) is 5.26 Å². The van der Waals surface area contributed by atoms with Crippen molar-refractivity contribution in [2.24, 2.45) is 11.7 Å². The molecule has 0 fully saturated rings. The van der Waals surface area contributed by atoms with Crippen LogP contribution in [-0.2, 0) is 0 Å². The third-order valence-electron chi connectivity index (χ3n) is 3.32. The Morgan fingerprint density at radius 2 is 2.16 bits per heavy atom. The molecule has 0 aliphatic carbocycles. The van der Waals surface area contributed by atoms with Crippen molar-refractivity contribution in [3.63, 3.8) is 0 Å². The maximum Gasteiger partial charge on any atom is 0.0666 e. The first-order valence-electron chi connectivity index (χ1n) is 6.60. The standard InChI is InChI=1S/C15H22ClN3/c1-4-14(18)15(19(3)10-11(2)9-17)12-6-5-7-13(16)8-12/h5-8,11,14-15H,4,10,18H2,1-3H3. The smallest absolute Gasteiger partial charge is 0.0666 e. The van der Waals surface area contributed by atoms with E-state index in [-0.39, 0.29) is 18.0 Å². The number of nitriles is 1. The summed E-state index contributed by atoms with van der Waals surface area (Å²) in [4.78, 5) is 2.15. The first-order valence-corrected chi connectivity index (χ1v) is 6.98. The molecule has 0 saturated heterocycles. The molecule has 1 aromatic carbocycles. The first-order chi connectivity index (χ1) is 8.99. The van der Waals surface area contributed by atoms with Gasteiger partial charge in [0, 0.05) is 23.7 Å². The van der Waals surface area contributed by atoms with Gasteiger partial charge in [0.05, 0.1) is 12.0 Å². The summed E-state index contributed by atoms with van der Waals surface area (Å²) < 4.78 is 0. The Balaban J connectivity index is 2.98. The minimum Gasteiger partial charge on any atom is -0.326 e. The van der Waals surface area contributed by atoms with E-state index in [0.29, 0.717) is 11.6 Å². The number of likely N-dealkylation sites (N-methyl/N-ethyl adjacent to an activating group) is 1. The van der Waals surface area contributed by atoms with Crippen molar-refractivity contribution in [3.8, 4) is 6.07 Å². The van der Waals surface area contributed by atoms with Gasteiger partial charge in [-0.1, -0.05) is 30.7 Å². The van der Waals surface area contributed by atoms with Gasteiger partial charge in [0.1, 0.15) is 0 Å². The maximum absolute atomic E-state index is 8.95. The SMILES string of the molecule is CCC(N)C(c1cccc(Cl)c1)N(C)CC(C)C#N. The third-order valence-corrected chi connectivity index (χ3v) is 3.56. The summed E-state index contributed by atoms with van der Waals surface area (Å²) in [7, 11) is 2.01. The van der Waals surface area contributed by atoms with Crippen LogP contribution in [-0.4, -0.2) is 24.5 Å². The number of rotatable bonds is 6. The maximum atomic E-state index is 8.95. The van der Waals surface area contributed by atoms with E-state index in [1.165, 1.54) is 0 Å². The van der Waals surface area contributed by atoms with Crippen LogP contribution in [0.2, 0.25) is 5.02 Å². The van der Waals surface area contributed by atoms with Crippen LogP contribution >= 0.6 is 11.6 Å². The molecule has 4 heteroatoms. The number of halogens is 1. The molecule has 0 spiro atoms. The molecule has 2 N–H and O–H groups in total. The van der Waals surface area contributed by atoms with Gasteiger partial charge in [-0.25, -0.2) is 0 Å². The Hall–Kier alpha value is -1.08. The minimum absolute atomic E-state index is 0.0178. The molecule has 3 unspecified atom stereocenters. The van der Waals surface area contributed by atoms with Gasteiger partial charge in [0.2, 0.25) is 0 Å². The predicted octanol–water partition coefficient (Wildman–Crippen LogP) is 3.21. The lowest BCUT2D eigenvalue weighted by atomic mass is 9.96. The quantitative estimate of drug-likeness (QED) is 0.870. The van der Waals surface area contributed by atoms with Crippen LogP contribution < -0.4 is 5.73 Å². The van der Waals surface area contributed by atoms with Gasteiger partial charge in [-0.05, 0) is 38.1 Å². The van der Waals surface area contributed by atoms with Crippen LogP contribution in [0.25, 0.3) is 0 Å². The lowest BCUT2D eigenvalue weighted by Crippen LogP contribution is -2.40. The van der Waals surface area contributed by atoms with E-state index in [0.717, 1.165) is 12.0 Å². The summed E-state index contributed by atoms with van der Waals surface area (Å²) in [5.74, 6) is -0.0178. The molecule has 3 atom stereocenters. The number of nitrogens with zero attached hydrogens (tertiary/aromatic N) is 2. The van der Waals surface area contributed by atoms with E-state index in [4.69, 9.17) is 22.6 Å². The second kappa shape index (κ2) is 7.49.